The van der Waals surface area contributed by atoms with Crippen LogP contribution in [0.5, 0.6) is 5.75 Å². The normalized spacial score (nSPS) is 10.6. The number of para-hydroxylation sites is 1. The monoisotopic (exact) mass is 407 g/mol. The standard InChI is InChI=1S/C21H26ClN3O.2H2O/c1-4-25(5-2)14-8-13-23-21-15-9-6-7-10-16(15)24-17-11-12-18(26-3)20(22)19(17)21;;/h6-7,9-12H,4-5,8,13-14H2,1-3H3,(H,23,24);2*1H2. The number of aromatic nitrogens is 1. The van der Waals surface area contributed by atoms with Crippen LogP contribution in [-0.4, -0.2) is 54.1 Å². The molecule has 7 heteroatoms. The van der Waals surface area contributed by atoms with Crippen LogP contribution < -0.4 is 10.1 Å². The van der Waals surface area contributed by atoms with Gasteiger partial charge < -0.3 is 25.9 Å². The summed E-state index contributed by atoms with van der Waals surface area (Å²) in [6, 6.07) is 12.0. The molecule has 0 bridgehead atoms. The van der Waals surface area contributed by atoms with Gasteiger partial charge in [-0.2, -0.15) is 0 Å². The van der Waals surface area contributed by atoms with E-state index in [0.717, 1.165) is 60.1 Å². The van der Waals surface area contributed by atoms with E-state index in [1.807, 2.05) is 30.3 Å². The molecular formula is C21H30ClN3O3. The Morgan fingerprint density at radius 2 is 1.75 bits per heavy atom. The number of pyridine rings is 1. The molecule has 1 aromatic heterocycles. The largest absolute Gasteiger partial charge is 0.495 e. The van der Waals surface area contributed by atoms with Crippen molar-refractivity contribution in [2.45, 2.75) is 20.3 Å². The first-order valence-electron chi connectivity index (χ1n) is 9.20. The maximum Gasteiger partial charge on any atom is 0.138 e. The first kappa shape index (κ1) is 23.9. The van der Waals surface area contributed by atoms with E-state index in [4.69, 9.17) is 21.3 Å². The topological polar surface area (TPSA) is 100 Å². The van der Waals surface area contributed by atoms with Gasteiger partial charge in [0.05, 0.1) is 28.9 Å². The number of nitrogens with one attached hydrogen (secondary N) is 1. The van der Waals surface area contributed by atoms with Crippen molar-refractivity contribution in [3.05, 3.63) is 41.4 Å². The molecule has 154 valence electrons. The number of benzene rings is 2. The van der Waals surface area contributed by atoms with Crippen LogP contribution in [0.4, 0.5) is 5.69 Å². The van der Waals surface area contributed by atoms with E-state index in [2.05, 4.69) is 30.1 Å². The first-order chi connectivity index (χ1) is 12.7. The predicted molar refractivity (Wildman–Crippen MR) is 119 cm³/mol. The summed E-state index contributed by atoms with van der Waals surface area (Å²) in [5, 5.41) is 6.23. The fourth-order valence-corrected chi connectivity index (χ4v) is 3.65. The van der Waals surface area contributed by atoms with E-state index in [0.29, 0.717) is 10.8 Å². The molecule has 0 aliphatic heterocycles. The average Bonchev–Trinajstić information content (AvgIpc) is 2.67. The molecule has 0 fully saturated rings. The Morgan fingerprint density at radius 3 is 2.43 bits per heavy atom. The van der Waals surface area contributed by atoms with Gasteiger partial charge in [0.1, 0.15) is 5.75 Å². The van der Waals surface area contributed by atoms with Crippen molar-refractivity contribution in [2.24, 2.45) is 0 Å². The SMILES string of the molecule is CCN(CC)CCCNc1c2ccccc2nc2ccc(OC)c(Cl)c12.O.O. The zero-order chi connectivity index (χ0) is 18.5. The van der Waals surface area contributed by atoms with Gasteiger partial charge in [0.25, 0.3) is 0 Å². The molecule has 0 aliphatic rings. The molecule has 0 amide bonds. The van der Waals surface area contributed by atoms with Gasteiger partial charge in [-0.1, -0.05) is 43.6 Å². The minimum Gasteiger partial charge on any atom is -0.495 e. The zero-order valence-corrected chi connectivity index (χ0v) is 17.4. The molecule has 2 aromatic carbocycles. The summed E-state index contributed by atoms with van der Waals surface area (Å²) in [5.41, 5.74) is 2.88. The van der Waals surface area contributed by atoms with Gasteiger partial charge in [0.15, 0.2) is 0 Å². The highest BCUT2D eigenvalue weighted by Gasteiger charge is 2.15. The number of hydrogen-bond donors (Lipinski definition) is 1. The van der Waals surface area contributed by atoms with Gasteiger partial charge in [-0.25, -0.2) is 4.98 Å². The molecule has 0 spiro atoms. The molecule has 0 radical (unpaired) electrons. The fraction of sp³-hybridized carbons (Fsp3) is 0.381. The highest BCUT2D eigenvalue weighted by molar-refractivity contribution is 6.38. The zero-order valence-electron chi connectivity index (χ0n) is 16.7. The Labute approximate surface area is 171 Å². The van der Waals surface area contributed by atoms with Crippen molar-refractivity contribution in [3.63, 3.8) is 0 Å². The number of anilines is 1. The maximum atomic E-state index is 6.64. The van der Waals surface area contributed by atoms with Crippen molar-refractivity contribution in [3.8, 4) is 5.75 Å². The Balaban J connectivity index is 0.00000196. The van der Waals surface area contributed by atoms with Crippen LogP contribution in [0, 0.1) is 0 Å². The summed E-state index contributed by atoms with van der Waals surface area (Å²) in [6.07, 6.45) is 1.07. The summed E-state index contributed by atoms with van der Waals surface area (Å²) in [4.78, 5) is 7.20. The number of ether oxygens (including phenoxy) is 1. The average molecular weight is 408 g/mol. The van der Waals surface area contributed by atoms with E-state index in [1.54, 1.807) is 7.11 Å². The second-order valence-electron chi connectivity index (χ2n) is 6.29. The smallest absolute Gasteiger partial charge is 0.138 e. The first-order valence-corrected chi connectivity index (χ1v) is 9.58. The van der Waals surface area contributed by atoms with Crippen molar-refractivity contribution < 1.29 is 15.7 Å². The Kier molecular flexibility index (Phi) is 9.41. The highest BCUT2D eigenvalue weighted by Crippen LogP contribution is 2.39. The van der Waals surface area contributed by atoms with Crippen LogP contribution in [0.15, 0.2) is 36.4 Å². The van der Waals surface area contributed by atoms with Crippen LogP contribution in [0.3, 0.4) is 0 Å². The third-order valence-electron chi connectivity index (χ3n) is 4.82. The Hall–Kier alpha value is -2.12. The molecule has 0 saturated carbocycles. The lowest BCUT2D eigenvalue weighted by atomic mass is 10.1. The van der Waals surface area contributed by atoms with Crippen LogP contribution in [0.1, 0.15) is 20.3 Å². The summed E-state index contributed by atoms with van der Waals surface area (Å²) in [5.74, 6) is 0.669. The lowest BCUT2D eigenvalue weighted by Crippen LogP contribution is -2.25. The predicted octanol–water partition coefficient (Wildman–Crippen LogP) is 3.54. The number of fused-ring (bicyclic) bond motifs is 2. The van der Waals surface area contributed by atoms with Crippen molar-refractivity contribution >= 4 is 39.1 Å². The molecule has 1 heterocycles. The van der Waals surface area contributed by atoms with Crippen molar-refractivity contribution in [2.75, 3.05) is 38.6 Å². The quantitative estimate of drug-likeness (QED) is 0.455. The molecule has 28 heavy (non-hydrogen) atoms. The van der Waals surface area contributed by atoms with Gasteiger partial charge >= 0.3 is 0 Å². The van der Waals surface area contributed by atoms with Crippen molar-refractivity contribution in [1.29, 1.82) is 0 Å². The van der Waals surface area contributed by atoms with Gasteiger partial charge in [0.2, 0.25) is 0 Å². The second kappa shape index (κ2) is 11.0. The molecule has 0 atom stereocenters. The van der Waals surface area contributed by atoms with Crippen LogP contribution >= 0.6 is 11.6 Å². The van der Waals surface area contributed by atoms with Gasteiger partial charge in [-0.05, 0) is 44.3 Å². The third-order valence-corrected chi connectivity index (χ3v) is 5.19. The number of nitrogens with zero attached hydrogens (tertiary/aromatic N) is 2. The molecule has 0 saturated heterocycles. The molecule has 5 N–H and O–H groups in total. The van der Waals surface area contributed by atoms with Gasteiger partial charge in [-0.15, -0.1) is 0 Å². The molecule has 6 nitrogen and oxygen atoms in total. The van der Waals surface area contributed by atoms with Crippen LogP contribution in [0.25, 0.3) is 21.8 Å². The van der Waals surface area contributed by atoms with E-state index in [1.165, 1.54) is 0 Å². The Morgan fingerprint density at radius 1 is 1.04 bits per heavy atom. The third kappa shape index (κ3) is 4.83. The number of hydrogen-bond acceptors (Lipinski definition) is 4. The molecule has 0 aliphatic carbocycles. The van der Waals surface area contributed by atoms with Gasteiger partial charge in [0, 0.05) is 17.3 Å². The summed E-state index contributed by atoms with van der Waals surface area (Å²) >= 11 is 6.64. The summed E-state index contributed by atoms with van der Waals surface area (Å²) in [6.45, 7) is 8.53. The van der Waals surface area contributed by atoms with Gasteiger partial charge in [-0.3, -0.25) is 0 Å². The van der Waals surface area contributed by atoms with Crippen LogP contribution in [-0.2, 0) is 0 Å². The molecular weight excluding hydrogens is 378 g/mol. The molecule has 3 aromatic rings. The highest BCUT2D eigenvalue weighted by atomic mass is 35.5. The lowest BCUT2D eigenvalue weighted by molar-refractivity contribution is 0.303. The molecule has 0 unspecified atom stereocenters. The van der Waals surface area contributed by atoms with E-state index in [9.17, 15) is 0 Å². The lowest BCUT2D eigenvalue weighted by Gasteiger charge is -2.19. The Bertz CT molecular complexity index is 901. The second-order valence-corrected chi connectivity index (χ2v) is 6.67. The van der Waals surface area contributed by atoms with E-state index in [-0.39, 0.29) is 11.0 Å². The number of methoxy groups -OCH3 is 1. The number of halogens is 1. The molecule has 3 rings (SSSR count). The summed E-state index contributed by atoms with van der Waals surface area (Å²) in [7, 11) is 1.64. The minimum absolute atomic E-state index is 0. The van der Waals surface area contributed by atoms with Crippen molar-refractivity contribution in [1.82, 2.24) is 9.88 Å². The maximum absolute atomic E-state index is 6.64. The van der Waals surface area contributed by atoms with E-state index >= 15 is 0 Å². The minimum atomic E-state index is 0. The van der Waals surface area contributed by atoms with E-state index < -0.39 is 0 Å². The number of rotatable bonds is 8. The summed E-state index contributed by atoms with van der Waals surface area (Å²) < 4.78 is 5.41. The van der Waals surface area contributed by atoms with Crippen LogP contribution in [0.2, 0.25) is 5.02 Å². The fourth-order valence-electron chi connectivity index (χ4n) is 3.32.